The third-order valence-electron chi connectivity index (χ3n) is 3.07. The standard InChI is InChI=1S/C15H21N3O/c1-4-19-14-7-5-6-13(10-14)11-17-12(2)15-16-8-9-18(15)3/h5-10,12,17H,4,11H2,1-3H3. The molecule has 0 fully saturated rings. The van der Waals surface area contributed by atoms with Crippen molar-refractivity contribution in [2.75, 3.05) is 6.61 Å². The van der Waals surface area contributed by atoms with Crippen molar-refractivity contribution >= 4 is 0 Å². The number of nitrogens with zero attached hydrogens (tertiary/aromatic N) is 2. The van der Waals surface area contributed by atoms with Gasteiger partial charge in [-0.05, 0) is 31.5 Å². The maximum Gasteiger partial charge on any atom is 0.125 e. The average Bonchev–Trinajstić information content (AvgIpc) is 2.83. The van der Waals surface area contributed by atoms with Crippen LogP contribution < -0.4 is 10.1 Å². The van der Waals surface area contributed by atoms with Gasteiger partial charge >= 0.3 is 0 Å². The molecule has 1 heterocycles. The van der Waals surface area contributed by atoms with Crippen LogP contribution in [0.1, 0.15) is 31.3 Å². The molecule has 1 N–H and O–H groups in total. The second-order valence-corrected chi connectivity index (χ2v) is 4.58. The van der Waals surface area contributed by atoms with E-state index in [1.54, 1.807) is 0 Å². The molecule has 2 rings (SSSR count). The normalized spacial score (nSPS) is 12.4. The smallest absolute Gasteiger partial charge is 0.125 e. The van der Waals surface area contributed by atoms with Crippen molar-refractivity contribution in [3.8, 4) is 5.75 Å². The maximum atomic E-state index is 5.50. The monoisotopic (exact) mass is 259 g/mol. The lowest BCUT2D eigenvalue weighted by atomic mass is 10.2. The van der Waals surface area contributed by atoms with E-state index in [1.165, 1.54) is 5.56 Å². The molecule has 0 amide bonds. The van der Waals surface area contributed by atoms with Crippen molar-refractivity contribution < 1.29 is 4.74 Å². The summed E-state index contributed by atoms with van der Waals surface area (Å²) in [6.45, 7) is 5.61. The third-order valence-corrected chi connectivity index (χ3v) is 3.07. The summed E-state index contributed by atoms with van der Waals surface area (Å²) in [7, 11) is 2.01. The van der Waals surface area contributed by atoms with Crippen molar-refractivity contribution in [1.29, 1.82) is 0 Å². The van der Waals surface area contributed by atoms with Crippen molar-refractivity contribution in [3.63, 3.8) is 0 Å². The zero-order chi connectivity index (χ0) is 13.7. The highest BCUT2D eigenvalue weighted by atomic mass is 16.5. The number of aromatic nitrogens is 2. The van der Waals surface area contributed by atoms with Gasteiger partial charge in [0.25, 0.3) is 0 Å². The van der Waals surface area contributed by atoms with Gasteiger partial charge in [0.15, 0.2) is 0 Å². The summed E-state index contributed by atoms with van der Waals surface area (Å²) in [6.07, 6.45) is 3.78. The topological polar surface area (TPSA) is 39.1 Å². The number of imidazole rings is 1. The van der Waals surface area contributed by atoms with Crippen molar-refractivity contribution in [2.45, 2.75) is 26.4 Å². The molecule has 0 spiro atoms. The molecule has 0 bridgehead atoms. The summed E-state index contributed by atoms with van der Waals surface area (Å²) in [6, 6.07) is 8.39. The molecule has 1 unspecified atom stereocenters. The number of hydrogen-bond donors (Lipinski definition) is 1. The molecule has 102 valence electrons. The van der Waals surface area contributed by atoms with Crippen LogP contribution in [0.25, 0.3) is 0 Å². The van der Waals surface area contributed by atoms with Gasteiger partial charge in [-0.15, -0.1) is 0 Å². The highest BCUT2D eigenvalue weighted by Crippen LogP contribution is 2.15. The minimum atomic E-state index is 0.218. The van der Waals surface area contributed by atoms with Gasteiger partial charge in [-0.3, -0.25) is 0 Å². The van der Waals surface area contributed by atoms with Crippen LogP contribution in [0.4, 0.5) is 0 Å². The van der Waals surface area contributed by atoms with E-state index in [2.05, 4.69) is 29.4 Å². The van der Waals surface area contributed by atoms with E-state index in [9.17, 15) is 0 Å². The lowest BCUT2D eigenvalue weighted by Crippen LogP contribution is -2.21. The highest BCUT2D eigenvalue weighted by Gasteiger charge is 2.09. The van der Waals surface area contributed by atoms with Gasteiger partial charge in [-0.1, -0.05) is 12.1 Å². The number of nitrogens with one attached hydrogen (secondary N) is 1. The average molecular weight is 259 g/mol. The fourth-order valence-electron chi connectivity index (χ4n) is 2.07. The molecule has 0 saturated heterocycles. The Bertz CT molecular complexity index is 522. The van der Waals surface area contributed by atoms with E-state index >= 15 is 0 Å². The largest absolute Gasteiger partial charge is 0.494 e. The first kappa shape index (κ1) is 13.6. The quantitative estimate of drug-likeness (QED) is 0.867. The van der Waals surface area contributed by atoms with Gasteiger partial charge in [-0.2, -0.15) is 0 Å². The van der Waals surface area contributed by atoms with Crippen LogP contribution in [0.15, 0.2) is 36.7 Å². The van der Waals surface area contributed by atoms with E-state index in [0.29, 0.717) is 6.61 Å². The van der Waals surface area contributed by atoms with E-state index in [4.69, 9.17) is 4.74 Å². The predicted molar refractivity (Wildman–Crippen MR) is 76.1 cm³/mol. The lowest BCUT2D eigenvalue weighted by Gasteiger charge is -2.14. The molecule has 1 aromatic heterocycles. The summed E-state index contributed by atoms with van der Waals surface area (Å²) < 4.78 is 7.54. The maximum absolute atomic E-state index is 5.50. The van der Waals surface area contributed by atoms with Gasteiger partial charge < -0.3 is 14.6 Å². The first-order valence-electron chi connectivity index (χ1n) is 6.63. The van der Waals surface area contributed by atoms with Gasteiger partial charge in [0.05, 0.1) is 12.6 Å². The Hall–Kier alpha value is -1.81. The Morgan fingerprint density at radius 2 is 2.26 bits per heavy atom. The Morgan fingerprint density at radius 1 is 1.42 bits per heavy atom. The van der Waals surface area contributed by atoms with E-state index < -0.39 is 0 Å². The summed E-state index contributed by atoms with van der Waals surface area (Å²) in [5, 5.41) is 3.47. The van der Waals surface area contributed by atoms with Crippen LogP contribution in [0.5, 0.6) is 5.75 Å². The molecule has 1 atom stereocenters. The number of aryl methyl sites for hydroxylation is 1. The second-order valence-electron chi connectivity index (χ2n) is 4.58. The number of benzene rings is 1. The Labute approximate surface area is 114 Å². The zero-order valence-electron chi connectivity index (χ0n) is 11.8. The van der Waals surface area contributed by atoms with Crippen LogP contribution >= 0.6 is 0 Å². The van der Waals surface area contributed by atoms with Crippen LogP contribution in [0.3, 0.4) is 0 Å². The molecule has 4 nitrogen and oxygen atoms in total. The van der Waals surface area contributed by atoms with E-state index in [-0.39, 0.29) is 6.04 Å². The third kappa shape index (κ3) is 3.58. The molecular weight excluding hydrogens is 238 g/mol. The molecule has 0 aliphatic carbocycles. The van der Waals surface area contributed by atoms with Crippen LogP contribution in [-0.2, 0) is 13.6 Å². The molecule has 1 aromatic carbocycles. The Balaban J connectivity index is 1.95. The predicted octanol–water partition coefficient (Wildman–Crippen LogP) is 2.67. The van der Waals surface area contributed by atoms with E-state index in [1.807, 2.05) is 43.1 Å². The van der Waals surface area contributed by atoms with Gasteiger partial charge in [-0.25, -0.2) is 4.98 Å². The molecule has 19 heavy (non-hydrogen) atoms. The first-order chi connectivity index (χ1) is 9.20. The fraction of sp³-hybridized carbons (Fsp3) is 0.400. The molecule has 4 heteroatoms. The molecule has 0 radical (unpaired) electrons. The van der Waals surface area contributed by atoms with Gasteiger partial charge in [0.1, 0.15) is 11.6 Å². The second kappa shape index (κ2) is 6.38. The number of ether oxygens (including phenoxy) is 1. The van der Waals surface area contributed by atoms with Crippen molar-refractivity contribution in [1.82, 2.24) is 14.9 Å². The minimum Gasteiger partial charge on any atom is -0.494 e. The molecule has 0 saturated carbocycles. The Morgan fingerprint density at radius 3 is 2.95 bits per heavy atom. The molecule has 0 aliphatic heterocycles. The SMILES string of the molecule is CCOc1cccc(CNC(C)c2nccn2C)c1. The number of rotatable bonds is 6. The van der Waals surface area contributed by atoms with Crippen LogP contribution in [0.2, 0.25) is 0 Å². The van der Waals surface area contributed by atoms with Crippen LogP contribution in [-0.4, -0.2) is 16.2 Å². The zero-order valence-corrected chi connectivity index (χ0v) is 11.8. The number of hydrogen-bond acceptors (Lipinski definition) is 3. The fourth-order valence-corrected chi connectivity index (χ4v) is 2.07. The summed E-state index contributed by atoms with van der Waals surface area (Å²) >= 11 is 0. The highest BCUT2D eigenvalue weighted by molar-refractivity contribution is 5.28. The Kier molecular flexibility index (Phi) is 4.58. The van der Waals surface area contributed by atoms with Gasteiger partial charge in [0, 0.05) is 26.0 Å². The molecule has 0 aliphatic rings. The van der Waals surface area contributed by atoms with Crippen LogP contribution in [0, 0.1) is 0 Å². The van der Waals surface area contributed by atoms with Crippen molar-refractivity contribution in [2.24, 2.45) is 7.05 Å². The first-order valence-corrected chi connectivity index (χ1v) is 6.63. The van der Waals surface area contributed by atoms with Crippen molar-refractivity contribution in [3.05, 3.63) is 48.0 Å². The van der Waals surface area contributed by atoms with E-state index in [0.717, 1.165) is 18.1 Å². The summed E-state index contributed by atoms with van der Waals surface area (Å²) in [5.74, 6) is 1.97. The summed E-state index contributed by atoms with van der Waals surface area (Å²) in [5.41, 5.74) is 1.21. The minimum absolute atomic E-state index is 0.218. The van der Waals surface area contributed by atoms with Gasteiger partial charge in [0.2, 0.25) is 0 Å². The summed E-state index contributed by atoms with van der Waals surface area (Å²) in [4.78, 5) is 4.35. The molecule has 2 aromatic rings. The lowest BCUT2D eigenvalue weighted by molar-refractivity contribution is 0.339. The molecular formula is C15H21N3O.